The molecule has 8 heteroatoms. The molecule has 0 N–H and O–H groups in total. The normalized spacial score (nSPS) is 12.0. The van der Waals surface area contributed by atoms with Gasteiger partial charge in [0.15, 0.2) is 0 Å². The summed E-state index contributed by atoms with van der Waals surface area (Å²) in [6.07, 6.45) is -0.310. The molecule has 0 aliphatic carbocycles. The maximum absolute atomic E-state index is 13.5. The maximum atomic E-state index is 13.5. The Morgan fingerprint density at radius 3 is 2.67 bits per heavy atom. The van der Waals surface area contributed by atoms with Crippen molar-refractivity contribution < 1.29 is 23.2 Å². The van der Waals surface area contributed by atoms with Gasteiger partial charge >= 0.3 is 5.97 Å². The van der Waals surface area contributed by atoms with Crippen LogP contribution in [-0.4, -0.2) is 22.8 Å². The molecule has 0 saturated heterocycles. The molecule has 5 nitrogen and oxygen atoms in total. The largest absolute Gasteiger partial charge is 0.468 e. The van der Waals surface area contributed by atoms with Crippen LogP contribution in [0.2, 0.25) is 0 Å². The van der Waals surface area contributed by atoms with Crippen molar-refractivity contribution in [2.75, 3.05) is 7.11 Å². The van der Waals surface area contributed by atoms with E-state index in [1.54, 1.807) is 0 Å². The first-order valence-corrected chi connectivity index (χ1v) is 5.62. The maximum Gasteiger partial charge on any atom is 0.319 e. The highest BCUT2D eigenvalue weighted by molar-refractivity contribution is 9.10. The zero-order valence-electron chi connectivity index (χ0n) is 9.15. The lowest BCUT2D eigenvalue weighted by Crippen LogP contribution is -2.19. The van der Waals surface area contributed by atoms with Crippen molar-refractivity contribution in [2.45, 2.75) is 11.2 Å². The molecule has 0 amide bonds. The molecule has 1 aromatic carbocycles. The molecule has 0 aliphatic rings. The van der Waals surface area contributed by atoms with Gasteiger partial charge in [-0.25, -0.2) is 8.78 Å². The average Bonchev–Trinajstić information content (AvgIpc) is 2.30. The van der Waals surface area contributed by atoms with Crippen LogP contribution in [0.3, 0.4) is 0 Å². The molecule has 0 aliphatic heterocycles. The van der Waals surface area contributed by atoms with Crippen LogP contribution < -0.4 is 0 Å². The van der Waals surface area contributed by atoms with Gasteiger partial charge in [0.05, 0.1) is 23.7 Å². The van der Waals surface area contributed by atoms with Crippen LogP contribution in [0.5, 0.6) is 0 Å². The zero-order valence-corrected chi connectivity index (χ0v) is 10.7. The van der Waals surface area contributed by atoms with Crippen molar-refractivity contribution in [1.29, 1.82) is 0 Å². The molecule has 1 rings (SSSR count). The summed E-state index contributed by atoms with van der Waals surface area (Å²) in [7, 11) is 1.13. The highest BCUT2D eigenvalue weighted by Gasteiger charge is 2.25. The fraction of sp³-hybridized carbons (Fsp3) is 0.300. The summed E-state index contributed by atoms with van der Waals surface area (Å²) in [6, 6.07) is 1.13. The predicted molar refractivity (Wildman–Crippen MR) is 61.4 cm³/mol. The molecule has 0 aromatic heterocycles. The third-order valence-corrected chi connectivity index (χ3v) is 2.87. The molecule has 0 radical (unpaired) electrons. The third-order valence-electron chi connectivity index (χ3n) is 2.17. The van der Waals surface area contributed by atoms with Crippen molar-refractivity contribution in [3.63, 3.8) is 0 Å². The predicted octanol–water partition coefficient (Wildman–Crippen LogP) is 2.35. The van der Waals surface area contributed by atoms with Gasteiger partial charge in [-0.2, -0.15) is 0 Å². The molecule has 98 valence electrons. The van der Waals surface area contributed by atoms with Crippen molar-refractivity contribution in [1.82, 2.24) is 0 Å². The Morgan fingerprint density at radius 2 is 2.17 bits per heavy atom. The average molecular weight is 324 g/mol. The van der Waals surface area contributed by atoms with Crippen LogP contribution in [0.15, 0.2) is 12.1 Å². The number of carbonyl (C=O) groups is 1. The number of nitrogens with zero attached hydrogens (tertiary/aromatic N) is 1. The summed E-state index contributed by atoms with van der Waals surface area (Å²) in [6.45, 7) is 0. The molecule has 0 fully saturated rings. The molecule has 0 spiro atoms. The summed E-state index contributed by atoms with van der Waals surface area (Å²) in [5.41, 5.74) is -1.06. The van der Waals surface area contributed by atoms with E-state index < -0.39 is 33.0 Å². The topological polar surface area (TPSA) is 69.4 Å². The SMILES string of the molecule is COC(=O)C(Br)Cc1c(F)cc(F)cc1[N+](=O)[O-]. The van der Waals surface area contributed by atoms with Gasteiger partial charge in [0, 0.05) is 12.5 Å². The smallest absolute Gasteiger partial charge is 0.319 e. The minimum Gasteiger partial charge on any atom is -0.468 e. The van der Waals surface area contributed by atoms with Crippen LogP contribution in [0.1, 0.15) is 5.56 Å². The molecule has 1 unspecified atom stereocenters. The van der Waals surface area contributed by atoms with Gasteiger partial charge in [0.2, 0.25) is 0 Å². The molecule has 18 heavy (non-hydrogen) atoms. The van der Waals surface area contributed by atoms with E-state index in [1.165, 1.54) is 0 Å². The van der Waals surface area contributed by atoms with Crippen LogP contribution in [-0.2, 0) is 16.0 Å². The second kappa shape index (κ2) is 5.85. The summed E-state index contributed by atoms with van der Waals surface area (Å²) in [5, 5.41) is 10.7. The number of esters is 1. The second-order valence-corrected chi connectivity index (χ2v) is 4.44. The third kappa shape index (κ3) is 3.22. The highest BCUT2D eigenvalue weighted by Crippen LogP contribution is 2.26. The minimum atomic E-state index is -1.07. The lowest BCUT2D eigenvalue weighted by atomic mass is 10.1. The van der Waals surface area contributed by atoms with Gasteiger partial charge in [0.25, 0.3) is 5.69 Å². The van der Waals surface area contributed by atoms with E-state index >= 15 is 0 Å². The molecule has 1 atom stereocenters. The van der Waals surface area contributed by atoms with Crippen LogP contribution in [0.25, 0.3) is 0 Å². The van der Waals surface area contributed by atoms with E-state index in [-0.39, 0.29) is 12.0 Å². The number of rotatable bonds is 4. The Bertz CT molecular complexity index is 495. The number of nitro benzene ring substituents is 1. The van der Waals surface area contributed by atoms with E-state index in [9.17, 15) is 23.7 Å². The second-order valence-electron chi connectivity index (χ2n) is 3.34. The summed E-state index contributed by atoms with van der Waals surface area (Å²) < 4.78 is 30.8. The summed E-state index contributed by atoms with van der Waals surface area (Å²) in [5.74, 6) is -2.82. The fourth-order valence-corrected chi connectivity index (χ4v) is 1.86. The van der Waals surface area contributed by atoms with E-state index in [0.29, 0.717) is 12.1 Å². The lowest BCUT2D eigenvalue weighted by Gasteiger charge is -2.09. The first-order chi connectivity index (χ1) is 8.36. The van der Waals surface area contributed by atoms with Gasteiger partial charge in [-0.1, -0.05) is 15.9 Å². The summed E-state index contributed by atoms with van der Waals surface area (Å²) >= 11 is 2.92. The Kier molecular flexibility index (Phi) is 4.71. The number of halogens is 3. The van der Waals surface area contributed by atoms with E-state index in [2.05, 4.69) is 20.7 Å². The molecule has 1 aromatic rings. The quantitative estimate of drug-likeness (QED) is 0.369. The lowest BCUT2D eigenvalue weighted by molar-refractivity contribution is -0.385. The number of carbonyl (C=O) groups excluding carboxylic acids is 1. The van der Waals surface area contributed by atoms with Crippen molar-refractivity contribution >= 4 is 27.6 Å². The Hall–Kier alpha value is -1.57. The van der Waals surface area contributed by atoms with Crippen molar-refractivity contribution in [3.05, 3.63) is 39.4 Å². The standard InChI is InChI=1S/C10H8BrF2NO4/c1-18-10(15)7(11)4-6-8(13)2-5(12)3-9(6)14(16)17/h2-3,7H,4H2,1H3. The van der Waals surface area contributed by atoms with Crippen molar-refractivity contribution in [2.24, 2.45) is 0 Å². The molecular formula is C10H8BrF2NO4. The van der Waals surface area contributed by atoms with Gasteiger partial charge in [-0.15, -0.1) is 0 Å². The van der Waals surface area contributed by atoms with Gasteiger partial charge in [0.1, 0.15) is 16.5 Å². The zero-order chi connectivity index (χ0) is 13.9. The molecular weight excluding hydrogens is 316 g/mol. The van der Waals surface area contributed by atoms with Gasteiger partial charge < -0.3 is 4.74 Å². The van der Waals surface area contributed by atoms with Crippen LogP contribution >= 0.6 is 15.9 Å². The molecule has 0 heterocycles. The van der Waals surface area contributed by atoms with E-state index in [0.717, 1.165) is 7.11 Å². The number of benzene rings is 1. The van der Waals surface area contributed by atoms with Gasteiger partial charge in [-0.05, 0) is 0 Å². The Labute approximate surface area is 109 Å². The number of ether oxygens (including phenoxy) is 1. The highest BCUT2D eigenvalue weighted by atomic mass is 79.9. The fourth-order valence-electron chi connectivity index (χ4n) is 1.35. The number of nitro groups is 1. The first-order valence-electron chi connectivity index (χ1n) is 4.71. The first kappa shape index (κ1) is 14.5. The van der Waals surface area contributed by atoms with Crippen LogP contribution in [0, 0.1) is 21.7 Å². The van der Waals surface area contributed by atoms with Gasteiger partial charge in [-0.3, -0.25) is 14.9 Å². The number of hydrogen-bond acceptors (Lipinski definition) is 4. The number of methoxy groups -OCH3 is 1. The van der Waals surface area contributed by atoms with Crippen molar-refractivity contribution in [3.8, 4) is 0 Å². The van der Waals surface area contributed by atoms with E-state index in [4.69, 9.17) is 0 Å². The Morgan fingerprint density at radius 1 is 1.56 bits per heavy atom. The monoisotopic (exact) mass is 323 g/mol. The van der Waals surface area contributed by atoms with Crippen LogP contribution in [0.4, 0.5) is 14.5 Å². The molecule has 0 bridgehead atoms. The Balaban J connectivity index is 3.15. The minimum absolute atomic E-state index is 0.310. The van der Waals surface area contributed by atoms with E-state index in [1.807, 2.05) is 0 Å². The number of alkyl halides is 1. The summed E-state index contributed by atoms with van der Waals surface area (Å²) in [4.78, 5) is 20.0. The number of hydrogen-bond donors (Lipinski definition) is 0. The molecule has 0 saturated carbocycles.